The molecule has 0 unspecified atom stereocenters. The first kappa shape index (κ1) is 16.5. The highest BCUT2D eigenvalue weighted by molar-refractivity contribution is 7.11. The summed E-state index contributed by atoms with van der Waals surface area (Å²) in [5, 5.41) is 9.16. The second-order valence-electron chi connectivity index (χ2n) is 7.35. The number of aromatic nitrogens is 3. The topological polar surface area (TPSA) is 46.0 Å². The summed E-state index contributed by atoms with van der Waals surface area (Å²) in [4.78, 5) is 8.36. The predicted octanol–water partition coefficient (Wildman–Crippen LogP) is 2.93. The van der Waals surface area contributed by atoms with E-state index in [2.05, 4.69) is 47.1 Å². The Hall–Kier alpha value is -1.40. The quantitative estimate of drug-likeness (QED) is 0.934. The van der Waals surface area contributed by atoms with Gasteiger partial charge >= 0.3 is 0 Å². The average Bonchev–Trinajstić information content (AvgIpc) is 3.14. The van der Waals surface area contributed by atoms with Crippen molar-refractivity contribution in [2.75, 3.05) is 18.0 Å². The van der Waals surface area contributed by atoms with Crippen molar-refractivity contribution in [3.8, 4) is 0 Å². The Morgan fingerprint density at radius 3 is 2.87 bits per heavy atom. The van der Waals surface area contributed by atoms with Gasteiger partial charge in [0.25, 0.3) is 0 Å². The van der Waals surface area contributed by atoms with Gasteiger partial charge in [-0.15, -0.1) is 11.3 Å². The largest absolute Gasteiger partial charge is 0.355 e. The molecule has 23 heavy (non-hydrogen) atoms. The van der Waals surface area contributed by atoms with Gasteiger partial charge in [-0.05, 0) is 18.3 Å². The third-order valence-electron chi connectivity index (χ3n) is 4.38. The molecule has 0 radical (unpaired) electrons. The Labute approximate surface area is 142 Å². The summed E-state index contributed by atoms with van der Waals surface area (Å²) in [6, 6.07) is 2.61. The van der Waals surface area contributed by atoms with Crippen molar-refractivity contribution >= 4 is 17.2 Å². The van der Waals surface area contributed by atoms with Crippen molar-refractivity contribution in [3.63, 3.8) is 0 Å². The highest BCUT2D eigenvalue weighted by atomic mass is 32.1. The van der Waals surface area contributed by atoms with Gasteiger partial charge in [0.2, 0.25) is 0 Å². The van der Waals surface area contributed by atoms with E-state index in [1.807, 2.05) is 35.5 Å². The second kappa shape index (κ2) is 6.61. The van der Waals surface area contributed by atoms with Crippen LogP contribution < -0.4 is 10.2 Å². The third kappa shape index (κ3) is 3.93. The van der Waals surface area contributed by atoms with Gasteiger partial charge in [0.15, 0.2) is 0 Å². The van der Waals surface area contributed by atoms with Crippen molar-refractivity contribution in [1.82, 2.24) is 20.1 Å². The van der Waals surface area contributed by atoms with Gasteiger partial charge in [-0.3, -0.25) is 4.68 Å². The fourth-order valence-corrected chi connectivity index (χ4v) is 3.93. The van der Waals surface area contributed by atoms with Crippen LogP contribution in [0.2, 0.25) is 0 Å². The van der Waals surface area contributed by atoms with E-state index in [9.17, 15) is 0 Å². The van der Waals surface area contributed by atoms with E-state index in [-0.39, 0.29) is 5.41 Å². The predicted molar refractivity (Wildman–Crippen MR) is 96.1 cm³/mol. The minimum Gasteiger partial charge on any atom is -0.355 e. The maximum atomic E-state index is 4.58. The summed E-state index contributed by atoms with van der Waals surface area (Å²) in [6.07, 6.45) is 6.35. The summed E-state index contributed by atoms with van der Waals surface area (Å²) >= 11 is 1.83. The highest BCUT2D eigenvalue weighted by Crippen LogP contribution is 2.27. The second-order valence-corrected chi connectivity index (χ2v) is 8.46. The monoisotopic (exact) mass is 333 g/mol. The highest BCUT2D eigenvalue weighted by Gasteiger charge is 2.22. The van der Waals surface area contributed by atoms with Gasteiger partial charge in [0.1, 0.15) is 10.8 Å². The molecule has 0 spiro atoms. The van der Waals surface area contributed by atoms with Gasteiger partial charge in [0, 0.05) is 49.9 Å². The van der Waals surface area contributed by atoms with Crippen LogP contribution in [0.5, 0.6) is 0 Å². The molecule has 1 N–H and O–H groups in total. The lowest BCUT2D eigenvalue weighted by atomic mass is 9.96. The van der Waals surface area contributed by atoms with E-state index >= 15 is 0 Å². The fourth-order valence-electron chi connectivity index (χ4n) is 3.00. The van der Waals surface area contributed by atoms with Crippen LogP contribution in [0.3, 0.4) is 0 Å². The lowest BCUT2D eigenvalue weighted by molar-refractivity contribution is 0.417. The molecule has 3 heterocycles. The van der Waals surface area contributed by atoms with Gasteiger partial charge in [-0.1, -0.05) is 20.8 Å². The van der Waals surface area contributed by atoms with E-state index in [1.165, 1.54) is 28.5 Å². The number of rotatable bonds is 4. The van der Waals surface area contributed by atoms with Crippen LogP contribution in [0.1, 0.15) is 43.5 Å². The van der Waals surface area contributed by atoms with Crippen LogP contribution in [0.25, 0.3) is 0 Å². The van der Waals surface area contributed by atoms with Crippen molar-refractivity contribution in [3.05, 3.63) is 28.3 Å². The van der Waals surface area contributed by atoms with Gasteiger partial charge in [-0.25, -0.2) is 4.98 Å². The van der Waals surface area contributed by atoms with E-state index in [0.29, 0.717) is 6.04 Å². The molecule has 0 bridgehead atoms. The van der Waals surface area contributed by atoms with Gasteiger partial charge in [0.05, 0.1) is 6.20 Å². The summed E-state index contributed by atoms with van der Waals surface area (Å²) in [5.41, 5.74) is 0.192. The molecule has 0 aliphatic carbocycles. The molecular weight excluding hydrogens is 306 g/mol. The molecule has 126 valence electrons. The number of thiazole rings is 1. The zero-order valence-corrected chi connectivity index (χ0v) is 15.4. The first-order chi connectivity index (χ1) is 10.9. The molecule has 0 saturated carbocycles. The number of nitrogens with one attached hydrogen (secondary N) is 1. The number of nitrogens with zero attached hydrogens (tertiary/aromatic N) is 4. The maximum Gasteiger partial charge on any atom is 0.126 e. The Bertz CT molecular complexity index is 639. The lowest BCUT2D eigenvalue weighted by Gasteiger charge is -2.34. The van der Waals surface area contributed by atoms with Gasteiger partial charge < -0.3 is 10.2 Å². The van der Waals surface area contributed by atoms with E-state index in [1.54, 1.807) is 0 Å². The number of hydrogen-bond acceptors (Lipinski definition) is 5. The number of piperidine rings is 1. The van der Waals surface area contributed by atoms with Crippen LogP contribution >= 0.6 is 11.3 Å². The van der Waals surface area contributed by atoms with Crippen LogP contribution in [0, 0.1) is 0 Å². The number of aryl methyl sites for hydroxylation is 1. The van der Waals surface area contributed by atoms with E-state index in [4.69, 9.17) is 0 Å². The molecule has 0 aromatic carbocycles. The van der Waals surface area contributed by atoms with Crippen LogP contribution in [-0.2, 0) is 19.0 Å². The normalized spacial score (nSPS) is 19.3. The maximum absolute atomic E-state index is 4.58. The van der Waals surface area contributed by atoms with Crippen LogP contribution in [-0.4, -0.2) is 33.9 Å². The first-order valence-corrected chi connectivity index (χ1v) is 9.16. The van der Waals surface area contributed by atoms with Crippen molar-refractivity contribution < 1.29 is 0 Å². The molecule has 2 aromatic rings. The number of hydrogen-bond donors (Lipinski definition) is 1. The van der Waals surface area contributed by atoms with Crippen LogP contribution in [0.4, 0.5) is 5.82 Å². The van der Waals surface area contributed by atoms with E-state index < -0.39 is 0 Å². The van der Waals surface area contributed by atoms with Crippen molar-refractivity contribution in [2.24, 2.45) is 7.05 Å². The summed E-state index contributed by atoms with van der Waals surface area (Å²) in [5.74, 6) is 1.21. The first-order valence-electron chi connectivity index (χ1n) is 8.35. The molecule has 5 nitrogen and oxygen atoms in total. The van der Waals surface area contributed by atoms with Crippen LogP contribution in [0.15, 0.2) is 18.5 Å². The SMILES string of the molecule is Cn1nccc1N1CCC[C@@H](NCc2ncc(C(C)(C)C)s2)C1. The molecule has 1 saturated heterocycles. The minimum atomic E-state index is 0.192. The molecule has 1 aliphatic rings. The Balaban J connectivity index is 1.56. The number of anilines is 1. The summed E-state index contributed by atoms with van der Waals surface area (Å²) in [6.45, 7) is 9.74. The molecule has 1 aliphatic heterocycles. The Morgan fingerprint density at radius 1 is 1.39 bits per heavy atom. The molecular formula is C17H27N5S. The molecule has 1 fully saturated rings. The molecule has 0 amide bonds. The molecule has 6 heteroatoms. The minimum absolute atomic E-state index is 0.192. The smallest absolute Gasteiger partial charge is 0.126 e. The lowest BCUT2D eigenvalue weighted by Crippen LogP contribution is -2.46. The molecule has 1 atom stereocenters. The Morgan fingerprint density at radius 2 is 2.22 bits per heavy atom. The summed E-state index contributed by atoms with van der Waals surface area (Å²) < 4.78 is 1.96. The van der Waals surface area contributed by atoms with E-state index in [0.717, 1.165) is 19.6 Å². The molecule has 2 aromatic heterocycles. The summed E-state index contributed by atoms with van der Waals surface area (Å²) in [7, 11) is 2.01. The standard InChI is InChI=1S/C17H27N5S/c1-17(2,3)14-10-19-15(23-14)11-18-13-6-5-9-22(12-13)16-7-8-20-21(16)4/h7-8,10,13,18H,5-6,9,11-12H2,1-4H3/t13-/m1/s1. The van der Waals surface area contributed by atoms with Gasteiger partial charge in [-0.2, -0.15) is 5.10 Å². The van der Waals surface area contributed by atoms with Crippen molar-refractivity contribution in [2.45, 2.75) is 51.6 Å². The fraction of sp³-hybridized carbons (Fsp3) is 0.647. The third-order valence-corrected chi connectivity index (χ3v) is 5.80. The average molecular weight is 334 g/mol. The Kier molecular flexibility index (Phi) is 4.73. The zero-order chi connectivity index (χ0) is 16.4. The van der Waals surface area contributed by atoms with Crippen molar-refractivity contribution in [1.29, 1.82) is 0 Å². The molecule has 3 rings (SSSR count). The zero-order valence-electron chi connectivity index (χ0n) is 14.5.